The minimum Gasteiger partial charge on any atom is -0.489 e. The van der Waals surface area contributed by atoms with Gasteiger partial charge in [0, 0.05) is 39.1 Å². The van der Waals surface area contributed by atoms with Crippen molar-refractivity contribution in [3.05, 3.63) is 93.7 Å². The lowest BCUT2D eigenvalue weighted by molar-refractivity contribution is 0.0955. The number of nitrogens with zero attached hydrogens (tertiary/aromatic N) is 2. The molecule has 5 nitrogen and oxygen atoms in total. The number of carbonyl (C=O) groups is 1. The predicted octanol–water partition coefficient (Wildman–Crippen LogP) is 4.73. The Bertz CT molecular complexity index is 945. The molecular formula is C20H15Cl2N3O2. The van der Waals surface area contributed by atoms with E-state index in [1.54, 1.807) is 54.9 Å². The molecule has 27 heavy (non-hydrogen) atoms. The third-order valence-electron chi connectivity index (χ3n) is 3.59. The smallest absolute Gasteiger partial charge is 0.271 e. The summed E-state index contributed by atoms with van der Waals surface area (Å²) in [5.41, 5.74) is 4.56. The Morgan fingerprint density at radius 1 is 1.15 bits per heavy atom. The largest absolute Gasteiger partial charge is 0.489 e. The van der Waals surface area contributed by atoms with Gasteiger partial charge in [0.2, 0.25) is 0 Å². The van der Waals surface area contributed by atoms with Crippen molar-refractivity contribution in [2.75, 3.05) is 0 Å². The minimum absolute atomic E-state index is 0.303. The molecule has 0 unspecified atom stereocenters. The number of halogens is 2. The molecule has 3 aromatic rings. The number of rotatable bonds is 6. The van der Waals surface area contributed by atoms with Gasteiger partial charge in [0.15, 0.2) is 0 Å². The maximum Gasteiger partial charge on any atom is 0.271 e. The van der Waals surface area contributed by atoms with Gasteiger partial charge in [-0.1, -0.05) is 35.3 Å². The molecule has 3 rings (SSSR count). The van der Waals surface area contributed by atoms with Crippen LogP contribution in [0.4, 0.5) is 0 Å². The Morgan fingerprint density at radius 2 is 1.96 bits per heavy atom. The van der Waals surface area contributed by atoms with E-state index in [4.69, 9.17) is 27.9 Å². The van der Waals surface area contributed by atoms with E-state index in [9.17, 15) is 4.79 Å². The zero-order chi connectivity index (χ0) is 19.1. The number of ether oxygens (including phenoxy) is 1. The number of carbonyl (C=O) groups excluding carboxylic acids is 1. The van der Waals surface area contributed by atoms with Crippen LogP contribution in [0.1, 0.15) is 21.5 Å². The first kappa shape index (κ1) is 18.9. The summed E-state index contributed by atoms with van der Waals surface area (Å²) in [4.78, 5) is 16.1. The van der Waals surface area contributed by atoms with Crippen molar-refractivity contribution in [3.63, 3.8) is 0 Å². The normalized spacial score (nSPS) is 10.7. The van der Waals surface area contributed by atoms with Crippen molar-refractivity contribution in [2.45, 2.75) is 6.61 Å². The molecule has 1 aromatic heterocycles. The molecule has 1 heterocycles. The number of hydrogen-bond donors (Lipinski definition) is 1. The van der Waals surface area contributed by atoms with Gasteiger partial charge in [0.05, 0.1) is 6.21 Å². The molecule has 0 atom stereocenters. The Morgan fingerprint density at radius 3 is 2.67 bits per heavy atom. The SMILES string of the molecule is O=C(N/N=C/c1cccnc1)c1ccc(OCc2ccc(Cl)cc2Cl)cc1. The molecule has 0 aliphatic rings. The highest BCUT2D eigenvalue weighted by molar-refractivity contribution is 6.35. The van der Waals surface area contributed by atoms with Crippen molar-refractivity contribution in [1.29, 1.82) is 0 Å². The van der Waals surface area contributed by atoms with Crippen LogP contribution in [0.3, 0.4) is 0 Å². The maximum absolute atomic E-state index is 12.1. The minimum atomic E-state index is -0.317. The van der Waals surface area contributed by atoms with Gasteiger partial charge < -0.3 is 4.74 Å². The summed E-state index contributed by atoms with van der Waals surface area (Å²) in [5, 5.41) is 5.03. The summed E-state index contributed by atoms with van der Waals surface area (Å²) < 4.78 is 5.69. The molecule has 7 heteroatoms. The zero-order valence-corrected chi connectivity index (χ0v) is 15.6. The van der Waals surface area contributed by atoms with Crippen LogP contribution in [0.2, 0.25) is 10.0 Å². The average molecular weight is 400 g/mol. The fraction of sp³-hybridized carbons (Fsp3) is 0.0500. The lowest BCUT2D eigenvalue weighted by Crippen LogP contribution is -2.17. The van der Waals surface area contributed by atoms with E-state index < -0.39 is 0 Å². The standard InChI is InChI=1S/C20H15Cl2N3O2/c21-17-6-3-16(19(22)10-17)13-27-18-7-4-15(5-8-18)20(26)25-24-12-14-2-1-9-23-11-14/h1-12H,13H2,(H,25,26)/b24-12+. The Kier molecular flexibility index (Phi) is 6.41. The molecule has 0 saturated heterocycles. The molecule has 0 aliphatic heterocycles. The first-order valence-corrected chi connectivity index (χ1v) is 8.77. The van der Waals surface area contributed by atoms with Gasteiger partial charge in [0.25, 0.3) is 5.91 Å². The van der Waals surface area contributed by atoms with E-state index in [-0.39, 0.29) is 5.91 Å². The summed E-state index contributed by atoms with van der Waals surface area (Å²) in [5.74, 6) is 0.305. The van der Waals surface area contributed by atoms with Crippen LogP contribution in [-0.4, -0.2) is 17.1 Å². The van der Waals surface area contributed by atoms with E-state index in [1.807, 2.05) is 12.1 Å². The Hall–Kier alpha value is -2.89. The quantitative estimate of drug-likeness (QED) is 0.481. The molecule has 2 aromatic carbocycles. The van der Waals surface area contributed by atoms with Crippen LogP contribution in [0.15, 0.2) is 72.1 Å². The number of pyridine rings is 1. The molecule has 0 aliphatic carbocycles. The highest BCUT2D eigenvalue weighted by Crippen LogP contribution is 2.22. The van der Waals surface area contributed by atoms with Crippen LogP contribution in [0.25, 0.3) is 0 Å². The lowest BCUT2D eigenvalue weighted by atomic mass is 10.2. The fourth-order valence-corrected chi connectivity index (χ4v) is 2.65. The van der Waals surface area contributed by atoms with E-state index in [2.05, 4.69) is 15.5 Å². The van der Waals surface area contributed by atoms with Crippen molar-refractivity contribution >= 4 is 35.3 Å². The van der Waals surface area contributed by atoms with Crippen molar-refractivity contribution in [3.8, 4) is 5.75 Å². The van der Waals surface area contributed by atoms with Crippen LogP contribution in [0, 0.1) is 0 Å². The number of hydrazone groups is 1. The molecule has 1 amide bonds. The topological polar surface area (TPSA) is 63.6 Å². The summed E-state index contributed by atoms with van der Waals surface area (Å²) in [6, 6.07) is 15.6. The lowest BCUT2D eigenvalue weighted by Gasteiger charge is -2.08. The average Bonchev–Trinajstić information content (AvgIpc) is 2.68. The number of benzene rings is 2. The van der Waals surface area contributed by atoms with Crippen LogP contribution in [0.5, 0.6) is 5.75 Å². The molecule has 0 spiro atoms. The summed E-state index contributed by atoms with van der Waals surface area (Å²) >= 11 is 12.0. The second-order valence-electron chi connectivity index (χ2n) is 5.53. The maximum atomic E-state index is 12.1. The van der Waals surface area contributed by atoms with E-state index in [1.165, 1.54) is 6.21 Å². The molecule has 0 fully saturated rings. The van der Waals surface area contributed by atoms with E-state index in [0.717, 1.165) is 11.1 Å². The number of hydrogen-bond acceptors (Lipinski definition) is 4. The van der Waals surface area contributed by atoms with Crippen molar-refractivity contribution in [1.82, 2.24) is 10.4 Å². The first-order valence-electron chi connectivity index (χ1n) is 8.02. The van der Waals surface area contributed by atoms with Crippen LogP contribution in [-0.2, 0) is 6.61 Å². The van der Waals surface area contributed by atoms with Crippen LogP contribution < -0.4 is 10.2 Å². The second kappa shape index (κ2) is 9.16. The Labute approximate surface area is 166 Å². The van der Waals surface area contributed by atoms with Gasteiger partial charge in [-0.3, -0.25) is 9.78 Å². The summed E-state index contributed by atoms with van der Waals surface area (Å²) in [6.45, 7) is 0.303. The highest BCUT2D eigenvalue weighted by Gasteiger charge is 2.06. The molecule has 1 N–H and O–H groups in total. The third-order valence-corrected chi connectivity index (χ3v) is 4.18. The second-order valence-corrected chi connectivity index (χ2v) is 6.38. The van der Waals surface area contributed by atoms with E-state index >= 15 is 0 Å². The molecular weight excluding hydrogens is 385 g/mol. The first-order chi connectivity index (χ1) is 13.1. The molecule has 136 valence electrons. The van der Waals surface area contributed by atoms with Gasteiger partial charge in [-0.15, -0.1) is 0 Å². The third kappa shape index (κ3) is 5.54. The van der Waals surface area contributed by atoms with Crippen LogP contribution >= 0.6 is 23.2 Å². The summed E-state index contributed by atoms with van der Waals surface area (Å²) in [7, 11) is 0. The van der Waals surface area contributed by atoms with E-state index in [0.29, 0.717) is 28.0 Å². The Balaban J connectivity index is 1.54. The molecule has 0 bridgehead atoms. The number of aromatic nitrogens is 1. The van der Waals surface area contributed by atoms with Crippen molar-refractivity contribution < 1.29 is 9.53 Å². The number of amides is 1. The van der Waals surface area contributed by atoms with Gasteiger partial charge in [-0.05, 0) is 42.5 Å². The zero-order valence-electron chi connectivity index (χ0n) is 14.1. The highest BCUT2D eigenvalue weighted by atomic mass is 35.5. The molecule has 0 radical (unpaired) electrons. The molecule has 0 saturated carbocycles. The van der Waals surface area contributed by atoms with Gasteiger partial charge in [-0.25, -0.2) is 5.43 Å². The monoisotopic (exact) mass is 399 g/mol. The number of nitrogens with one attached hydrogen (secondary N) is 1. The predicted molar refractivity (Wildman–Crippen MR) is 107 cm³/mol. The summed E-state index contributed by atoms with van der Waals surface area (Å²) in [6.07, 6.45) is 4.84. The van der Waals surface area contributed by atoms with Gasteiger partial charge >= 0.3 is 0 Å². The fourth-order valence-electron chi connectivity index (χ4n) is 2.18. The van der Waals surface area contributed by atoms with Crippen molar-refractivity contribution in [2.24, 2.45) is 5.10 Å². The van der Waals surface area contributed by atoms with Gasteiger partial charge in [-0.2, -0.15) is 5.10 Å². The van der Waals surface area contributed by atoms with Gasteiger partial charge in [0.1, 0.15) is 12.4 Å².